The first-order chi connectivity index (χ1) is 11.3. The minimum absolute atomic E-state index is 0.163. The van der Waals surface area contributed by atoms with Crippen molar-refractivity contribution >= 4 is 16.8 Å². The van der Waals surface area contributed by atoms with Gasteiger partial charge in [-0.05, 0) is 18.6 Å². The molecule has 0 N–H and O–H groups in total. The normalized spacial score (nSPS) is 10.8. The molecule has 1 heterocycles. The van der Waals surface area contributed by atoms with Crippen LogP contribution in [0.3, 0.4) is 0 Å². The molecule has 3 rings (SSSR count). The summed E-state index contributed by atoms with van der Waals surface area (Å²) in [7, 11) is 0. The second kappa shape index (κ2) is 7.09. The molecule has 0 saturated carbocycles. The lowest BCUT2D eigenvalue weighted by Gasteiger charge is -2.21. The molecule has 3 aromatic rings. The fourth-order valence-electron chi connectivity index (χ4n) is 2.74. The third-order valence-electron chi connectivity index (χ3n) is 4.04. The predicted molar refractivity (Wildman–Crippen MR) is 91.9 cm³/mol. The number of hydrogen-bond acceptors (Lipinski definition) is 2. The summed E-state index contributed by atoms with van der Waals surface area (Å²) in [5.41, 5.74) is 2.23. The summed E-state index contributed by atoms with van der Waals surface area (Å²) in [6, 6.07) is 18.2. The third kappa shape index (κ3) is 3.59. The van der Waals surface area contributed by atoms with Gasteiger partial charge in [-0.2, -0.15) is 5.10 Å². The van der Waals surface area contributed by atoms with Crippen LogP contribution in [-0.2, 0) is 17.9 Å². The highest BCUT2D eigenvalue weighted by Gasteiger charge is 2.13. The highest BCUT2D eigenvalue weighted by atomic mass is 16.2. The van der Waals surface area contributed by atoms with Crippen molar-refractivity contribution in [3.8, 4) is 0 Å². The van der Waals surface area contributed by atoms with Crippen LogP contribution in [-0.4, -0.2) is 27.1 Å². The van der Waals surface area contributed by atoms with Gasteiger partial charge in [0.25, 0.3) is 0 Å². The summed E-state index contributed by atoms with van der Waals surface area (Å²) >= 11 is 0. The summed E-state index contributed by atoms with van der Waals surface area (Å²) in [5, 5.41) is 5.49. The van der Waals surface area contributed by atoms with Crippen LogP contribution in [0.2, 0.25) is 0 Å². The number of aromatic nitrogens is 2. The summed E-state index contributed by atoms with van der Waals surface area (Å²) in [4.78, 5) is 14.4. The average molecular weight is 307 g/mol. The molecule has 118 valence electrons. The molecular weight excluding hydrogens is 286 g/mol. The topological polar surface area (TPSA) is 38.1 Å². The van der Waals surface area contributed by atoms with E-state index in [1.54, 1.807) is 0 Å². The molecule has 0 unspecified atom stereocenters. The van der Waals surface area contributed by atoms with E-state index >= 15 is 0 Å². The number of hydrogen-bond donors (Lipinski definition) is 0. The van der Waals surface area contributed by atoms with Gasteiger partial charge in [0.1, 0.15) is 0 Å². The molecule has 4 heteroatoms. The highest BCUT2D eigenvalue weighted by molar-refractivity contribution is 5.79. The van der Waals surface area contributed by atoms with E-state index in [9.17, 15) is 4.79 Å². The van der Waals surface area contributed by atoms with Crippen molar-refractivity contribution < 1.29 is 4.79 Å². The molecule has 4 nitrogen and oxygen atoms in total. The molecule has 0 bridgehead atoms. The zero-order valence-electron chi connectivity index (χ0n) is 13.4. The average Bonchev–Trinajstić information content (AvgIpc) is 3.01. The molecule has 0 fully saturated rings. The first-order valence-electron chi connectivity index (χ1n) is 8.00. The number of para-hydroxylation sites is 1. The Hall–Kier alpha value is -2.62. The Kier molecular flexibility index (Phi) is 4.71. The summed E-state index contributed by atoms with van der Waals surface area (Å²) in [6.45, 7) is 4.01. The van der Waals surface area contributed by atoms with Crippen LogP contribution < -0.4 is 0 Å². The molecular formula is C19H21N3O. The maximum absolute atomic E-state index is 12.5. The minimum atomic E-state index is 0.163. The molecule has 2 aromatic carbocycles. The van der Waals surface area contributed by atoms with E-state index in [0.717, 1.165) is 16.5 Å². The summed E-state index contributed by atoms with van der Waals surface area (Å²) in [6.07, 6.45) is 2.31. The highest BCUT2D eigenvalue weighted by Crippen LogP contribution is 2.13. The number of benzene rings is 2. The Morgan fingerprint density at radius 3 is 2.61 bits per heavy atom. The van der Waals surface area contributed by atoms with Crippen LogP contribution >= 0.6 is 0 Å². The van der Waals surface area contributed by atoms with Gasteiger partial charge in [0.05, 0.1) is 18.3 Å². The van der Waals surface area contributed by atoms with Gasteiger partial charge in [-0.3, -0.25) is 9.48 Å². The molecule has 0 saturated heterocycles. The summed E-state index contributed by atoms with van der Waals surface area (Å²) in [5.74, 6) is 0.163. The number of carbonyl (C=O) groups excluding carboxylic acids is 1. The molecule has 0 spiro atoms. The second-order valence-electron chi connectivity index (χ2n) is 5.57. The van der Waals surface area contributed by atoms with Crippen LogP contribution in [0.1, 0.15) is 18.9 Å². The zero-order valence-corrected chi connectivity index (χ0v) is 13.4. The minimum Gasteiger partial charge on any atom is -0.339 e. The Bertz CT molecular complexity index is 779. The third-order valence-corrected chi connectivity index (χ3v) is 4.04. The lowest BCUT2D eigenvalue weighted by Crippen LogP contribution is -2.31. The fourth-order valence-corrected chi connectivity index (χ4v) is 2.74. The van der Waals surface area contributed by atoms with Gasteiger partial charge in [0.2, 0.25) is 5.91 Å². The monoisotopic (exact) mass is 307 g/mol. The quantitative estimate of drug-likeness (QED) is 0.699. The zero-order chi connectivity index (χ0) is 16.1. The SMILES string of the molecule is CCN(Cc1ccccc1)C(=O)CCn1ncc2ccccc21. The van der Waals surface area contributed by atoms with Gasteiger partial charge in [0, 0.05) is 24.9 Å². The molecule has 0 aliphatic carbocycles. The molecule has 0 aliphatic rings. The van der Waals surface area contributed by atoms with E-state index in [2.05, 4.69) is 17.2 Å². The van der Waals surface area contributed by atoms with Gasteiger partial charge < -0.3 is 4.90 Å². The molecule has 1 aromatic heterocycles. The van der Waals surface area contributed by atoms with Crippen LogP contribution in [0, 0.1) is 0 Å². The molecule has 0 radical (unpaired) electrons. The van der Waals surface area contributed by atoms with Crippen molar-refractivity contribution in [2.45, 2.75) is 26.4 Å². The van der Waals surface area contributed by atoms with Gasteiger partial charge in [-0.1, -0.05) is 48.5 Å². The van der Waals surface area contributed by atoms with E-state index in [1.807, 2.05) is 65.2 Å². The standard InChI is InChI=1S/C19H21N3O/c1-2-21(15-16-8-4-3-5-9-16)19(23)12-13-22-18-11-7-6-10-17(18)14-20-22/h3-11,14H,2,12-13,15H2,1H3. The van der Waals surface area contributed by atoms with Crippen LogP contribution in [0.4, 0.5) is 0 Å². The van der Waals surface area contributed by atoms with Crippen molar-refractivity contribution in [2.75, 3.05) is 6.54 Å². The first-order valence-corrected chi connectivity index (χ1v) is 8.00. The van der Waals surface area contributed by atoms with Crippen LogP contribution in [0.15, 0.2) is 60.8 Å². The van der Waals surface area contributed by atoms with Crippen molar-refractivity contribution in [3.63, 3.8) is 0 Å². The van der Waals surface area contributed by atoms with E-state index in [-0.39, 0.29) is 5.91 Å². The molecule has 1 amide bonds. The first kappa shape index (κ1) is 15.3. The number of nitrogens with zero attached hydrogens (tertiary/aromatic N) is 3. The predicted octanol–water partition coefficient (Wildman–Crippen LogP) is 3.48. The Morgan fingerprint density at radius 1 is 1.09 bits per heavy atom. The fraction of sp³-hybridized carbons (Fsp3) is 0.263. The Labute approximate surface area is 136 Å². The van der Waals surface area contributed by atoms with E-state index in [0.29, 0.717) is 26.1 Å². The van der Waals surface area contributed by atoms with Crippen LogP contribution in [0.25, 0.3) is 10.9 Å². The number of amides is 1. The molecule has 0 atom stereocenters. The molecule has 0 aliphatic heterocycles. The van der Waals surface area contributed by atoms with Crippen molar-refractivity contribution in [1.82, 2.24) is 14.7 Å². The lowest BCUT2D eigenvalue weighted by molar-refractivity contribution is -0.131. The van der Waals surface area contributed by atoms with Crippen molar-refractivity contribution in [3.05, 3.63) is 66.4 Å². The number of aryl methyl sites for hydroxylation is 1. The molecule has 23 heavy (non-hydrogen) atoms. The Morgan fingerprint density at radius 2 is 1.83 bits per heavy atom. The Balaban J connectivity index is 1.63. The maximum Gasteiger partial charge on any atom is 0.224 e. The van der Waals surface area contributed by atoms with Gasteiger partial charge in [0.15, 0.2) is 0 Å². The lowest BCUT2D eigenvalue weighted by atomic mass is 10.2. The van der Waals surface area contributed by atoms with Crippen molar-refractivity contribution in [2.24, 2.45) is 0 Å². The number of carbonyl (C=O) groups is 1. The largest absolute Gasteiger partial charge is 0.339 e. The smallest absolute Gasteiger partial charge is 0.224 e. The van der Waals surface area contributed by atoms with Gasteiger partial charge >= 0.3 is 0 Å². The van der Waals surface area contributed by atoms with E-state index < -0.39 is 0 Å². The van der Waals surface area contributed by atoms with E-state index in [1.165, 1.54) is 0 Å². The van der Waals surface area contributed by atoms with Gasteiger partial charge in [-0.15, -0.1) is 0 Å². The maximum atomic E-state index is 12.5. The van der Waals surface area contributed by atoms with Gasteiger partial charge in [-0.25, -0.2) is 0 Å². The number of rotatable bonds is 6. The van der Waals surface area contributed by atoms with Crippen molar-refractivity contribution in [1.29, 1.82) is 0 Å². The van der Waals surface area contributed by atoms with Crippen LogP contribution in [0.5, 0.6) is 0 Å². The van der Waals surface area contributed by atoms with E-state index in [4.69, 9.17) is 0 Å². The number of fused-ring (bicyclic) bond motifs is 1. The summed E-state index contributed by atoms with van der Waals surface area (Å²) < 4.78 is 1.91. The second-order valence-corrected chi connectivity index (χ2v) is 5.57.